The average Bonchev–Trinajstić information content (AvgIpc) is 2.98. The van der Waals surface area contributed by atoms with Crippen molar-refractivity contribution in [2.75, 3.05) is 6.26 Å². The van der Waals surface area contributed by atoms with Gasteiger partial charge in [0.05, 0.1) is 6.26 Å². The molecule has 34 heavy (non-hydrogen) atoms. The maximum atomic E-state index is 12.4. The third-order valence-corrected chi connectivity index (χ3v) is 10.4. The van der Waals surface area contributed by atoms with E-state index in [9.17, 15) is 23.4 Å². The van der Waals surface area contributed by atoms with Crippen LogP contribution in [0.5, 0.6) is 0 Å². The number of nitrogens with one attached hydrogen (secondary N) is 1. The number of carbonyl (C=O) groups excluding carboxylic acids is 1. The van der Waals surface area contributed by atoms with E-state index < -0.39 is 39.7 Å². The number of hydrogen-bond acceptors (Lipinski definition) is 6. The van der Waals surface area contributed by atoms with Crippen molar-refractivity contribution < 1.29 is 28.2 Å². The summed E-state index contributed by atoms with van der Waals surface area (Å²) in [5.41, 5.74) is -0.0621. The number of cyclic esters (lactones) is 1. The number of allylic oxidation sites excluding steroid dienone is 2. The highest BCUT2D eigenvalue weighted by molar-refractivity contribution is 7.88. The lowest BCUT2D eigenvalue weighted by Gasteiger charge is -2.54. The number of rotatable bonds is 3. The maximum absolute atomic E-state index is 12.4. The molecule has 3 N–H and O–H groups in total. The van der Waals surface area contributed by atoms with Gasteiger partial charge in [-0.25, -0.2) is 17.9 Å². The molecule has 4 aliphatic rings. The highest BCUT2D eigenvalue weighted by Gasteiger charge is 2.62. The predicted molar refractivity (Wildman–Crippen MR) is 130 cm³/mol. The van der Waals surface area contributed by atoms with Gasteiger partial charge in [-0.15, -0.1) is 0 Å². The van der Waals surface area contributed by atoms with Gasteiger partial charge in [0.1, 0.15) is 11.7 Å². The van der Waals surface area contributed by atoms with E-state index in [2.05, 4.69) is 45.1 Å². The van der Waals surface area contributed by atoms with Crippen molar-refractivity contribution in [2.45, 2.75) is 84.2 Å². The molecule has 0 amide bonds. The molecule has 0 spiro atoms. The van der Waals surface area contributed by atoms with Gasteiger partial charge < -0.3 is 14.9 Å². The monoisotopic (exact) mass is 495 g/mol. The summed E-state index contributed by atoms with van der Waals surface area (Å²) in [6.45, 7) is 14.8. The van der Waals surface area contributed by atoms with Gasteiger partial charge >= 0.3 is 5.97 Å². The second-order valence-corrected chi connectivity index (χ2v) is 13.9. The van der Waals surface area contributed by atoms with Crippen molar-refractivity contribution in [2.24, 2.45) is 40.9 Å². The minimum Gasteiger partial charge on any atom is -0.460 e. The van der Waals surface area contributed by atoms with Crippen molar-refractivity contribution in [3.8, 4) is 0 Å². The van der Waals surface area contributed by atoms with Crippen molar-refractivity contribution in [1.29, 1.82) is 0 Å². The Labute approximate surface area is 204 Å². The van der Waals surface area contributed by atoms with Crippen LogP contribution in [0.2, 0.25) is 0 Å². The predicted octanol–water partition coefficient (Wildman–Crippen LogP) is 2.79. The van der Waals surface area contributed by atoms with Gasteiger partial charge in [-0.2, -0.15) is 0 Å². The Balaban J connectivity index is 1.77. The van der Waals surface area contributed by atoms with Crippen molar-refractivity contribution in [3.63, 3.8) is 0 Å². The Morgan fingerprint density at radius 2 is 1.88 bits per heavy atom. The van der Waals surface area contributed by atoms with E-state index >= 15 is 0 Å². The van der Waals surface area contributed by atoms with Crippen molar-refractivity contribution >= 4 is 16.0 Å². The van der Waals surface area contributed by atoms with E-state index in [-0.39, 0.29) is 41.0 Å². The normalized spacial score (nSPS) is 48.7. The molecule has 1 heterocycles. The van der Waals surface area contributed by atoms with E-state index in [1.165, 1.54) is 11.8 Å². The molecule has 4 rings (SSSR count). The molecule has 7 nitrogen and oxygen atoms in total. The van der Waals surface area contributed by atoms with Crippen LogP contribution in [-0.2, 0) is 19.6 Å². The number of sulfonamides is 1. The highest BCUT2D eigenvalue weighted by atomic mass is 32.2. The zero-order valence-corrected chi connectivity index (χ0v) is 22.1. The quantitative estimate of drug-likeness (QED) is 0.410. The summed E-state index contributed by atoms with van der Waals surface area (Å²) in [6, 6.07) is -0.141. The zero-order chi connectivity index (χ0) is 25.4. The van der Waals surface area contributed by atoms with E-state index in [1.807, 2.05) is 0 Å². The molecule has 0 radical (unpaired) electrons. The van der Waals surface area contributed by atoms with Crippen LogP contribution in [-0.4, -0.2) is 54.7 Å². The minimum absolute atomic E-state index is 0.0630. The fraction of sp³-hybridized carbons (Fsp3) is 0.808. The van der Waals surface area contributed by atoms with Crippen LogP contribution in [0.25, 0.3) is 0 Å². The van der Waals surface area contributed by atoms with Crippen LogP contribution in [0.3, 0.4) is 0 Å². The summed E-state index contributed by atoms with van der Waals surface area (Å²) in [7, 11) is -3.35. The average molecular weight is 496 g/mol. The molecule has 1 saturated heterocycles. The van der Waals surface area contributed by atoms with Crippen LogP contribution in [0.4, 0.5) is 0 Å². The molecule has 0 aromatic heterocycles. The van der Waals surface area contributed by atoms with Gasteiger partial charge in [0.15, 0.2) is 6.10 Å². The molecular weight excluding hydrogens is 454 g/mol. The van der Waals surface area contributed by atoms with Crippen LogP contribution in [0, 0.1) is 40.9 Å². The number of carbonyl (C=O) groups is 1. The Morgan fingerprint density at radius 3 is 2.47 bits per heavy atom. The molecule has 0 aromatic rings. The third kappa shape index (κ3) is 3.98. The lowest BCUT2D eigenvalue weighted by atomic mass is 9.53. The van der Waals surface area contributed by atoms with E-state index in [4.69, 9.17) is 4.74 Å². The highest BCUT2D eigenvalue weighted by Crippen LogP contribution is 2.63. The number of fused-ring (bicyclic) bond motifs is 3. The van der Waals surface area contributed by atoms with Gasteiger partial charge in [-0.1, -0.05) is 39.0 Å². The second kappa shape index (κ2) is 8.43. The van der Waals surface area contributed by atoms with Gasteiger partial charge in [-0.3, -0.25) is 0 Å². The van der Waals surface area contributed by atoms with E-state index in [0.717, 1.165) is 19.3 Å². The van der Waals surface area contributed by atoms with Crippen molar-refractivity contribution in [3.05, 3.63) is 23.8 Å². The van der Waals surface area contributed by atoms with Crippen LogP contribution in [0.15, 0.2) is 23.8 Å². The summed E-state index contributed by atoms with van der Waals surface area (Å²) in [5.74, 6) is -0.632. The van der Waals surface area contributed by atoms with Crippen molar-refractivity contribution in [1.82, 2.24) is 4.72 Å². The number of ether oxygens (including phenoxy) is 1. The zero-order valence-electron chi connectivity index (χ0n) is 21.2. The fourth-order valence-corrected chi connectivity index (χ4v) is 8.89. The SMILES string of the molecule is C=C1C2CC3C(C(C)C)C(NS(C)(=O)=O)CC3(C)CC2/C(C)=C\CC2C(C)OC(=O)C(O)C12O. The van der Waals surface area contributed by atoms with Crippen LogP contribution in [0.1, 0.15) is 60.3 Å². The molecular formula is C26H41NO6S. The molecule has 2 saturated carbocycles. The Hall–Kier alpha value is -1.22. The number of hydrogen-bond donors (Lipinski definition) is 3. The standard InChI is InChI=1S/C26H41NO6S/c1-13(2)22-20-10-17-15(4)26(30)19(16(5)33-24(29)23(26)28)9-8-14(3)18(17)11-25(20,6)12-21(22)27-34(7,31)32/h8,13,16-23,27-28,30H,4,9-12H2,1-3,5-7H3/b14-8-. The first kappa shape index (κ1) is 25.9. The largest absolute Gasteiger partial charge is 0.460 e. The number of aliphatic hydroxyl groups excluding tert-OH is 1. The van der Waals surface area contributed by atoms with Gasteiger partial charge in [0.2, 0.25) is 10.0 Å². The number of aliphatic hydroxyl groups is 2. The Morgan fingerprint density at radius 1 is 1.24 bits per heavy atom. The Kier molecular flexibility index (Phi) is 6.41. The smallest absolute Gasteiger partial charge is 0.338 e. The molecule has 3 aliphatic carbocycles. The molecule has 0 bridgehead atoms. The summed E-state index contributed by atoms with van der Waals surface area (Å²) in [6.07, 6.45) is 4.01. The first-order chi connectivity index (χ1) is 15.6. The molecule has 0 aromatic carbocycles. The van der Waals surface area contributed by atoms with Crippen LogP contribution >= 0.6 is 0 Å². The minimum atomic E-state index is -3.35. The fourth-order valence-electron chi connectivity index (χ4n) is 8.10. The van der Waals surface area contributed by atoms with Gasteiger partial charge in [0.25, 0.3) is 0 Å². The van der Waals surface area contributed by atoms with E-state index in [0.29, 0.717) is 12.0 Å². The van der Waals surface area contributed by atoms with E-state index in [1.54, 1.807) is 6.92 Å². The molecule has 8 heteroatoms. The summed E-state index contributed by atoms with van der Waals surface area (Å²) < 4.78 is 32.6. The number of esters is 1. The summed E-state index contributed by atoms with van der Waals surface area (Å²) in [4.78, 5) is 12.4. The topological polar surface area (TPSA) is 113 Å². The molecule has 10 atom stereocenters. The molecule has 1 aliphatic heterocycles. The molecule has 192 valence electrons. The Bertz CT molecular complexity index is 1000. The third-order valence-electron chi connectivity index (χ3n) is 9.64. The second-order valence-electron chi connectivity index (χ2n) is 12.1. The molecule has 10 unspecified atom stereocenters. The summed E-state index contributed by atoms with van der Waals surface area (Å²) >= 11 is 0. The van der Waals surface area contributed by atoms with Crippen LogP contribution < -0.4 is 4.72 Å². The first-order valence-corrected chi connectivity index (χ1v) is 14.4. The molecule has 3 fully saturated rings. The first-order valence-electron chi connectivity index (χ1n) is 12.5. The van der Waals surface area contributed by atoms with Gasteiger partial charge in [0, 0.05) is 12.0 Å². The lowest BCUT2D eigenvalue weighted by molar-refractivity contribution is -0.209. The lowest BCUT2D eigenvalue weighted by Crippen LogP contribution is -2.63. The van der Waals surface area contributed by atoms with Gasteiger partial charge in [-0.05, 0) is 80.1 Å². The maximum Gasteiger partial charge on any atom is 0.338 e. The summed E-state index contributed by atoms with van der Waals surface area (Å²) in [5, 5.41) is 22.8.